The molecule has 9 nitrogen and oxygen atoms in total. The van der Waals surface area contributed by atoms with Crippen molar-refractivity contribution < 1.29 is 34.8 Å². The number of thioether (sulfide) groups is 2. The number of aliphatic hydroxyl groups excluding tert-OH is 4. The Kier molecular flexibility index (Phi) is 41.4. The molecule has 0 fully saturated rings. The zero-order valence-electron chi connectivity index (χ0n) is 38.0. The van der Waals surface area contributed by atoms with E-state index in [1.165, 1.54) is 103 Å². The van der Waals surface area contributed by atoms with E-state index in [0.29, 0.717) is 65.0 Å². The van der Waals surface area contributed by atoms with Crippen molar-refractivity contribution >= 4 is 39.5 Å². The van der Waals surface area contributed by atoms with Gasteiger partial charge < -0.3 is 20.4 Å². The van der Waals surface area contributed by atoms with Crippen LogP contribution in [0.15, 0.2) is 0 Å². The highest BCUT2D eigenvalue weighted by atomic mass is 32.2. The first-order chi connectivity index (χ1) is 28.1. The first-order valence-electron chi connectivity index (χ1n) is 24.1. The van der Waals surface area contributed by atoms with E-state index in [0.717, 1.165) is 74.9 Å². The van der Waals surface area contributed by atoms with Crippen molar-refractivity contribution in [1.29, 1.82) is 0 Å². The van der Waals surface area contributed by atoms with Crippen LogP contribution in [0, 0.1) is 0 Å². The Labute approximate surface area is 365 Å². The minimum atomic E-state index is -1.02. The molecule has 0 aliphatic carbocycles. The van der Waals surface area contributed by atoms with Crippen molar-refractivity contribution in [2.24, 2.45) is 0 Å². The maximum absolute atomic E-state index is 12.8. The predicted molar refractivity (Wildman–Crippen MR) is 249 cm³/mol. The van der Waals surface area contributed by atoms with E-state index in [2.05, 4.69) is 27.7 Å². The second-order valence-electron chi connectivity index (χ2n) is 17.0. The van der Waals surface area contributed by atoms with Gasteiger partial charge in [-0.15, -0.1) is 0 Å². The molecule has 0 saturated heterocycles. The van der Waals surface area contributed by atoms with Crippen molar-refractivity contribution in [3.05, 3.63) is 0 Å². The van der Waals surface area contributed by atoms with Gasteiger partial charge in [0.2, 0.25) is 0 Å². The van der Waals surface area contributed by atoms with Gasteiger partial charge in [0.25, 0.3) is 16.0 Å². The van der Waals surface area contributed by atoms with Gasteiger partial charge in [0.1, 0.15) is 0 Å². The predicted octanol–water partition coefficient (Wildman–Crippen LogP) is 10.1. The van der Waals surface area contributed by atoms with Gasteiger partial charge in [-0.2, -0.15) is 0 Å². The Morgan fingerprint density at radius 2 is 0.603 bits per heavy atom. The van der Waals surface area contributed by atoms with Crippen molar-refractivity contribution in [2.45, 2.75) is 232 Å². The summed E-state index contributed by atoms with van der Waals surface area (Å²) >= 11 is 1.67. The minimum absolute atomic E-state index is 0.288. The number of rotatable bonds is 44. The lowest BCUT2D eigenvalue weighted by Crippen LogP contribution is -2.40. The second-order valence-corrected chi connectivity index (χ2v) is 19.1. The SMILES string of the molecule is CCCCCCCCC(O)CN(CCSC(=O)C(=O)C(=O)SCCN(CC(O)CCCCCCCC)CC(O)CCCCCCCC)CC(O)CCCCCCCC. The summed E-state index contributed by atoms with van der Waals surface area (Å²) in [6.45, 7) is 11.2. The minimum Gasteiger partial charge on any atom is -0.392 e. The first-order valence-corrected chi connectivity index (χ1v) is 26.1. The van der Waals surface area contributed by atoms with E-state index in [1.54, 1.807) is 0 Å². The zero-order valence-corrected chi connectivity index (χ0v) is 39.6. The number of Topliss-reactive ketones (excluding diaryl/α,β-unsaturated/α-hetero) is 1. The summed E-state index contributed by atoms with van der Waals surface area (Å²) in [4.78, 5) is 42.5. The molecule has 4 N–H and O–H groups in total. The lowest BCUT2D eigenvalue weighted by molar-refractivity contribution is -0.137. The van der Waals surface area contributed by atoms with Gasteiger partial charge in [-0.05, 0) is 25.7 Å². The third kappa shape index (κ3) is 36.2. The summed E-state index contributed by atoms with van der Waals surface area (Å²) in [5.74, 6) is -0.446. The number of carbonyl (C=O) groups excluding carboxylic acids is 3. The number of hydrogen-bond donors (Lipinski definition) is 4. The van der Waals surface area contributed by atoms with Gasteiger partial charge in [-0.3, -0.25) is 24.2 Å². The molecular formula is C47H92N2O7S2. The highest BCUT2D eigenvalue weighted by Gasteiger charge is 2.25. The lowest BCUT2D eigenvalue weighted by atomic mass is 10.1. The molecule has 58 heavy (non-hydrogen) atoms. The van der Waals surface area contributed by atoms with E-state index in [4.69, 9.17) is 0 Å². The van der Waals surface area contributed by atoms with E-state index >= 15 is 0 Å². The summed E-state index contributed by atoms with van der Waals surface area (Å²) in [7, 11) is 0. The molecule has 0 aromatic rings. The van der Waals surface area contributed by atoms with Gasteiger partial charge in [0.05, 0.1) is 24.4 Å². The molecule has 0 saturated carbocycles. The number of ketones is 1. The zero-order chi connectivity index (χ0) is 43.1. The third-order valence-corrected chi connectivity index (χ3v) is 12.8. The molecule has 0 aliphatic rings. The third-order valence-electron chi connectivity index (χ3n) is 11.1. The Morgan fingerprint density at radius 3 is 0.845 bits per heavy atom. The van der Waals surface area contributed by atoms with E-state index < -0.39 is 40.4 Å². The average molecular weight is 861 g/mol. The van der Waals surface area contributed by atoms with Crippen LogP contribution in [0.4, 0.5) is 0 Å². The van der Waals surface area contributed by atoms with Gasteiger partial charge in [-0.1, -0.05) is 205 Å². The second kappa shape index (κ2) is 41.8. The van der Waals surface area contributed by atoms with Crippen LogP contribution in [0.5, 0.6) is 0 Å². The molecule has 344 valence electrons. The van der Waals surface area contributed by atoms with Crippen molar-refractivity contribution in [2.75, 3.05) is 50.8 Å². The number of hydrogen-bond acceptors (Lipinski definition) is 11. The summed E-state index contributed by atoms with van der Waals surface area (Å²) in [6.07, 6.45) is 28.2. The molecule has 0 bridgehead atoms. The van der Waals surface area contributed by atoms with Crippen molar-refractivity contribution in [3.8, 4) is 0 Å². The molecule has 4 atom stereocenters. The number of nitrogens with zero attached hydrogens (tertiary/aromatic N) is 2. The van der Waals surface area contributed by atoms with Gasteiger partial charge in [0, 0.05) is 50.8 Å². The Hall–Kier alpha value is -0.530. The largest absolute Gasteiger partial charge is 0.392 e. The number of carbonyl (C=O) groups is 3. The molecule has 0 heterocycles. The molecule has 0 spiro atoms. The fourth-order valence-electron chi connectivity index (χ4n) is 7.46. The van der Waals surface area contributed by atoms with Crippen LogP contribution >= 0.6 is 23.5 Å². The normalized spacial score (nSPS) is 14.0. The van der Waals surface area contributed by atoms with Gasteiger partial charge >= 0.3 is 0 Å². The number of aliphatic hydroxyl groups is 4. The van der Waals surface area contributed by atoms with Crippen LogP contribution < -0.4 is 0 Å². The molecule has 4 unspecified atom stereocenters. The maximum Gasteiger partial charge on any atom is 0.286 e. The molecular weight excluding hydrogens is 769 g/mol. The van der Waals surface area contributed by atoms with Crippen molar-refractivity contribution in [3.63, 3.8) is 0 Å². The Balaban J connectivity index is 5.04. The topological polar surface area (TPSA) is 139 Å². The fourth-order valence-corrected chi connectivity index (χ4v) is 9.04. The molecule has 0 amide bonds. The van der Waals surface area contributed by atoms with Crippen molar-refractivity contribution in [1.82, 2.24) is 9.80 Å². The summed E-state index contributed by atoms with van der Waals surface area (Å²) in [5.41, 5.74) is 0. The lowest BCUT2D eigenvalue weighted by Gasteiger charge is -2.27. The molecule has 0 radical (unpaired) electrons. The quantitative estimate of drug-likeness (QED) is 0.0265. The fraction of sp³-hybridized carbons (Fsp3) is 0.936. The standard InChI is InChI=1S/C47H92N2O7S2/c1-5-9-13-17-21-25-29-41(50)37-48(38-42(51)30-26-22-18-14-10-6-2)33-35-57-46(55)45(54)47(56)58-36-34-49(39-43(52)31-27-23-19-15-11-7-3)40-44(53)32-28-24-20-16-12-8-4/h41-44,50-53H,5-40H2,1-4H3. The maximum atomic E-state index is 12.8. The smallest absolute Gasteiger partial charge is 0.286 e. The number of unbranched alkanes of at least 4 members (excludes halogenated alkanes) is 20. The monoisotopic (exact) mass is 861 g/mol. The first kappa shape index (κ1) is 57.5. The van der Waals surface area contributed by atoms with E-state index in [1.807, 2.05) is 9.80 Å². The van der Waals surface area contributed by atoms with Gasteiger partial charge in [0.15, 0.2) is 0 Å². The summed E-state index contributed by atoms with van der Waals surface area (Å²) in [5, 5.41) is 41.8. The van der Waals surface area contributed by atoms with Crippen LogP contribution in [0.3, 0.4) is 0 Å². The van der Waals surface area contributed by atoms with Crippen LogP contribution in [0.25, 0.3) is 0 Å². The van der Waals surface area contributed by atoms with E-state index in [9.17, 15) is 34.8 Å². The molecule has 11 heteroatoms. The summed E-state index contributed by atoms with van der Waals surface area (Å²) in [6, 6.07) is 0. The molecule has 0 aliphatic heterocycles. The highest BCUT2D eigenvalue weighted by Crippen LogP contribution is 2.17. The highest BCUT2D eigenvalue weighted by molar-refractivity contribution is 8.19. The van der Waals surface area contributed by atoms with E-state index in [-0.39, 0.29) is 11.5 Å². The van der Waals surface area contributed by atoms with Crippen LogP contribution in [0.2, 0.25) is 0 Å². The van der Waals surface area contributed by atoms with Crippen LogP contribution in [-0.2, 0) is 14.4 Å². The molecule has 0 aromatic carbocycles. The average Bonchev–Trinajstić information content (AvgIpc) is 3.19. The molecule has 0 aromatic heterocycles. The van der Waals surface area contributed by atoms with Gasteiger partial charge in [-0.25, -0.2) is 0 Å². The van der Waals surface area contributed by atoms with Crippen LogP contribution in [0.1, 0.15) is 207 Å². The van der Waals surface area contributed by atoms with Crippen LogP contribution in [-0.4, -0.2) is 121 Å². The molecule has 0 rings (SSSR count). The Bertz CT molecular complexity index is 842. The Morgan fingerprint density at radius 1 is 0.379 bits per heavy atom. The summed E-state index contributed by atoms with van der Waals surface area (Å²) < 4.78 is 0.